The highest BCUT2D eigenvalue weighted by atomic mass is 16.2. The molecule has 136 valence electrons. The molecule has 1 N–H and O–H groups in total. The molecule has 1 aliphatic carbocycles. The zero-order valence-corrected chi connectivity index (χ0v) is 15.4. The van der Waals surface area contributed by atoms with Crippen molar-refractivity contribution in [1.29, 1.82) is 0 Å². The van der Waals surface area contributed by atoms with Gasteiger partial charge in [0.05, 0.1) is 10.8 Å². The first kappa shape index (κ1) is 17.4. The lowest BCUT2D eigenvalue weighted by atomic mass is 9.70. The van der Waals surface area contributed by atoms with E-state index in [9.17, 15) is 14.4 Å². The molecule has 1 fully saturated rings. The first-order chi connectivity index (χ1) is 12.9. The van der Waals surface area contributed by atoms with Crippen molar-refractivity contribution in [1.82, 2.24) is 5.32 Å². The normalized spacial score (nSPS) is 28.0. The summed E-state index contributed by atoms with van der Waals surface area (Å²) in [7, 11) is 0. The minimum absolute atomic E-state index is 0.0340. The largest absolute Gasteiger partial charge is 0.298 e. The Morgan fingerprint density at radius 3 is 1.41 bits per heavy atom. The van der Waals surface area contributed by atoms with Gasteiger partial charge in [-0.2, -0.15) is 0 Å². The number of imide groups is 1. The number of rotatable bonds is 2. The van der Waals surface area contributed by atoms with E-state index in [1.807, 2.05) is 74.5 Å². The summed E-state index contributed by atoms with van der Waals surface area (Å²) in [5.41, 5.74) is 1.58. The Morgan fingerprint density at radius 1 is 0.667 bits per heavy atom. The molecule has 2 atom stereocenters. The summed E-state index contributed by atoms with van der Waals surface area (Å²) >= 11 is 0. The molecule has 0 spiro atoms. The molecule has 0 saturated carbocycles. The van der Waals surface area contributed by atoms with Gasteiger partial charge in [-0.25, -0.2) is 0 Å². The van der Waals surface area contributed by atoms with Gasteiger partial charge >= 0.3 is 0 Å². The Balaban J connectivity index is 2.10. The van der Waals surface area contributed by atoms with Gasteiger partial charge in [-0.05, 0) is 36.1 Å². The number of Topliss-reactive ketones (excluding diaryl/α,β-unsaturated/α-hetero) is 1. The van der Waals surface area contributed by atoms with Crippen molar-refractivity contribution in [2.45, 2.75) is 26.7 Å². The van der Waals surface area contributed by atoms with E-state index >= 15 is 0 Å². The lowest BCUT2D eigenvalue weighted by Crippen LogP contribution is -2.46. The molecular formula is C23H21NO3. The highest BCUT2D eigenvalue weighted by Gasteiger charge is 2.59. The molecule has 2 aromatic carbocycles. The van der Waals surface area contributed by atoms with E-state index in [0.29, 0.717) is 0 Å². The molecule has 1 heterocycles. The average Bonchev–Trinajstić information content (AvgIpc) is 2.82. The van der Waals surface area contributed by atoms with Crippen molar-refractivity contribution >= 4 is 28.7 Å². The highest BCUT2D eigenvalue weighted by molar-refractivity contribution is 6.24. The third-order valence-corrected chi connectivity index (χ3v) is 5.79. The van der Waals surface area contributed by atoms with Gasteiger partial charge in [0.25, 0.3) is 0 Å². The van der Waals surface area contributed by atoms with Crippen LogP contribution in [-0.4, -0.2) is 17.6 Å². The third kappa shape index (κ3) is 2.55. The number of ketones is 1. The Labute approximate surface area is 158 Å². The smallest absolute Gasteiger partial charge is 0.227 e. The van der Waals surface area contributed by atoms with Gasteiger partial charge in [-0.3, -0.25) is 19.7 Å². The van der Waals surface area contributed by atoms with Crippen LogP contribution in [0.25, 0.3) is 11.1 Å². The molecule has 0 radical (unpaired) electrons. The van der Waals surface area contributed by atoms with Crippen LogP contribution >= 0.6 is 0 Å². The second kappa shape index (κ2) is 6.02. The molecule has 2 unspecified atom stereocenters. The lowest BCUT2D eigenvalue weighted by molar-refractivity contribution is -0.142. The van der Waals surface area contributed by atoms with Gasteiger partial charge < -0.3 is 0 Å². The fourth-order valence-electron chi connectivity index (χ4n) is 4.75. The molecular weight excluding hydrogens is 338 g/mol. The van der Waals surface area contributed by atoms with E-state index in [2.05, 4.69) is 5.32 Å². The van der Waals surface area contributed by atoms with Gasteiger partial charge in [-0.15, -0.1) is 0 Å². The van der Waals surface area contributed by atoms with Crippen LogP contribution < -0.4 is 5.32 Å². The van der Waals surface area contributed by atoms with Crippen molar-refractivity contribution in [3.8, 4) is 0 Å². The summed E-state index contributed by atoms with van der Waals surface area (Å²) in [6.07, 6.45) is -0.0680. The summed E-state index contributed by atoms with van der Waals surface area (Å²) in [5.74, 6) is -0.864. The lowest BCUT2D eigenvalue weighted by Gasteiger charge is -2.32. The van der Waals surface area contributed by atoms with Crippen molar-refractivity contribution in [2.75, 3.05) is 0 Å². The number of benzene rings is 2. The zero-order chi connectivity index (χ0) is 19.2. The number of amides is 2. The van der Waals surface area contributed by atoms with E-state index in [4.69, 9.17) is 0 Å². The molecule has 2 bridgehead atoms. The molecule has 4 heteroatoms. The minimum Gasteiger partial charge on any atom is -0.298 e. The average molecular weight is 359 g/mol. The van der Waals surface area contributed by atoms with Crippen LogP contribution in [-0.2, 0) is 14.4 Å². The third-order valence-electron chi connectivity index (χ3n) is 5.79. The predicted octanol–water partition coefficient (Wildman–Crippen LogP) is 3.63. The SMILES string of the molecule is CC12CC(=O)NC(=O)CC(C)(C1=O)C(c1ccccc1)=C2c1ccccc1. The van der Waals surface area contributed by atoms with Gasteiger partial charge in [0, 0.05) is 12.8 Å². The molecule has 2 amide bonds. The van der Waals surface area contributed by atoms with Crippen LogP contribution in [0.3, 0.4) is 0 Å². The minimum atomic E-state index is -0.980. The maximum absolute atomic E-state index is 13.7. The Bertz CT molecular complexity index is 900. The number of allylic oxidation sites excluding steroid dienone is 2. The number of hydrogen-bond donors (Lipinski definition) is 1. The first-order valence-corrected chi connectivity index (χ1v) is 9.10. The Hall–Kier alpha value is -3.01. The molecule has 1 saturated heterocycles. The monoisotopic (exact) mass is 359 g/mol. The number of hydrogen-bond acceptors (Lipinski definition) is 3. The predicted molar refractivity (Wildman–Crippen MR) is 103 cm³/mol. The first-order valence-electron chi connectivity index (χ1n) is 9.10. The molecule has 2 aliphatic rings. The Morgan fingerprint density at radius 2 is 1.04 bits per heavy atom. The van der Waals surface area contributed by atoms with Gasteiger partial charge in [0.1, 0.15) is 0 Å². The maximum Gasteiger partial charge on any atom is 0.227 e. The molecule has 4 rings (SSSR count). The van der Waals surface area contributed by atoms with E-state index in [1.54, 1.807) is 0 Å². The number of fused-ring (bicyclic) bond motifs is 2. The van der Waals surface area contributed by atoms with Gasteiger partial charge in [0.15, 0.2) is 5.78 Å². The van der Waals surface area contributed by atoms with Crippen LogP contribution in [0.15, 0.2) is 60.7 Å². The van der Waals surface area contributed by atoms with Crippen LogP contribution in [0.1, 0.15) is 37.8 Å². The number of nitrogens with one attached hydrogen (secondary N) is 1. The molecule has 1 aliphatic heterocycles. The van der Waals surface area contributed by atoms with Gasteiger partial charge in [0.2, 0.25) is 11.8 Å². The van der Waals surface area contributed by atoms with Crippen LogP contribution in [0.5, 0.6) is 0 Å². The highest BCUT2D eigenvalue weighted by Crippen LogP contribution is 2.61. The second-order valence-electron chi connectivity index (χ2n) is 7.80. The van der Waals surface area contributed by atoms with E-state index in [1.165, 1.54) is 0 Å². The summed E-state index contributed by atoms with van der Waals surface area (Å²) in [6.45, 7) is 3.67. The quantitative estimate of drug-likeness (QED) is 0.833. The molecule has 2 aromatic rings. The Kier molecular flexibility index (Phi) is 3.88. The summed E-state index contributed by atoms with van der Waals surface area (Å²) in [6, 6.07) is 19.4. The van der Waals surface area contributed by atoms with Crippen molar-refractivity contribution in [2.24, 2.45) is 10.8 Å². The van der Waals surface area contributed by atoms with Crippen molar-refractivity contribution in [3.05, 3.63) is 71.8 Å². The standard InChI is InChI=1S/C23H21NO3/c1-22-13-17(25)24-18(26)14-23(2,21(22)27)20(16-11-7-4-8-12-16)19(22)15-9-5-3-6-10-15/h3-12H,13-14H2,1-2H3,(H,24,25,26). The number of carbonyl (C=O) groups is 3. The molecule has 0 aromatic heterocycles. The van der Waals surface area contributed by atoms with E-state index in [-0.39, 0.29) is 18.6 Å². The summed E-state index contributed by atoms with van der Waals surface area (Å²) in [4.78, 5) is 38.5. The topological polar surface area (TPSA) is 63.2 Å². The van der Waals surface area contributed by atoms with Crippen LogP contribution in [0.2, 0.25) is 0 Å². The molecule has 27 heavy (non-hydrogen) atoms. The number of carbonyl (C=O) groups excluding carboxylic acids is 3. The van der Waals surface area contributed by atoms with E-state index in [0.717, 1.165) is 22.3 Å². The van der Waals surface area contributed by atoms with Crippen molar-refractivity contribution < 1.29 is 14.4 Å². The second-order valence-corrected chi connectivity index (χ2v) is 7.80. The summed E-state index contributed by atoms with van der Waals surface area (Å²) < 4.78 is 0. The zero-order valence-electron chi connectivity index (χ0n) is 15.4. The fourth-order valence-corrected chi connectivity index (χ4v) is 4.75. The van der Waals surface area contributed by atoms with Crippen molar-refractivity contribution in [3.63, 3.8) is 0 Å². The van der Waals surface area contributed by atoms with Gasteiger partial charge in [-0.1, -0.05) is 60.7 Å². The molecule has 4 nitrogen and oxygen atoms in total. The maximum atomic E-state index is 13.7. The summed E-state index contributed by atoms with van der Waals surface area (Å²) in [5, 5.41) is 2.44. The van der Waals surface area contributed by atoms with Crippen LogP contribution in [0.4, 0.5) is 0 Å². The fraction of sp³-hybridized carbons (Fsp3) is 0.261. The van der Waals surface area contributed by atoms with E-state index < -0.39 is 22.6 Å². The van der Waals surface area contributed by atoms with Crippen LogP contribution in [0, 0.1) is 10.8 Å².